The zero-order valence-electron chi connectivity index (χ0n) is 11.4. The Hall–Kier alpha value is -1.06. The Balaban J connectivity index is 2.34. The maximum Gasteiger partial charge on any atom is 0.324 e. The zero-order chi connectivity index (χ0) is 13.3. The molecule has 2 aliphatic rings. The third-order valence-corrected chi connectivity index (χ3v) is 4.77. The van der Waals surface area contributed by atoms with Crippen LogP contribution in [0.25, 0.3) is 0 Å². The van der Waals surface area contributed by atoms with E-state index in [1.165, 1.54) is 0 Å². The second-order valence-electron chi connectivity index (χ2n) is 5.37. The van der Waals surface area contributed by atoms with Crippen LogP contribution in [0.5, 0.6) is 0 Å². The van der Waals surface area contributed by atoms with Crippen LogP contribution >= 0.6 is 0 Å². The second-order valence-corrected chi connectivity index (χ2v) is 5.37. The van der Waals surface area contributed by atoms with Crippen LogP contribution in [-0.4, -0.2) is 25.2 Å². The average molecular weight is 254 g/mol. The maximum atomic E-state index is 12.4. The van der Waals surface area contributed by atoms with Crippen molar-refractivity contribution in [1.29, 1.82) is 0 Å². The van der Waals surface area contributed by atoms with Crippen molar-refractivity contribution in [2.45, 2.75) is 40.0 Å². The van der Waals surface area contributed by atoms with Gasteiger partial charge in [0.1, 0.15) is 0 Å². The summed E-state index contributed by atoms with van der Waals surface area (Å²) in [6.45, 7) is 6.16. The highest BCUT2D eigenvalue weighted by Gasteiger charge is 2.66. The fourth-order valence-corrected chi connectivity index (χ4v) is 3.92. The van der Waals surface area contributed by atoms with Gasteiger partial charge in [-0.3, -0.25) is 9.59 Å². The highest BCUT2D eigenvalue weighted by Crippen LogP contribution is 2.60. The number of carbonyl (C=O) groups excluding carboxylic acids is 2. The predicted octanol–water partition coefficient (Wildman–Crippen LogP) is 2.17. The Kier molecular flexibility index (Phi) is 3.64. The molecule has 0 aromatic carbocycles. The summed E-state index contributed by atoms with van der Waals surface area (Å²) in [5.41, 5.74) is -1.03. The molecule has 0 unspecified atom stereocenters. The minimum Gasteiger partial charge on any atom is -0.465 e. The summed E-state index contributed by atoms with van der Waals surface area (Å²) in [6.07, 6.45) is 3.01. The summed E-state index contributed by atoms with van der Waals surface area (Å²) in [5.74, 6) is -0.139. The molecule has 0 aliphatic heterocycles. The van der Waals surface area contributed by atoms with Crippen LogP contribution in [0, 0.1) is 23.2 Å². The summed E-state index contributed by atoms with van der Waals surface area (Å²) < 4.78 is 10.4. The summed E-state index contributed by atoms with van der Waals surface area (Å²) in [4.78, 5) is 24.7. The van der Waals surface area contributed by atoms with Crippen molar-refractivity contribution in [3.8, 4) is 0 Å². The quantitative estimate of drug-likeness (QED) is 0.570. The van der Waals surface area contributed by atoms with Crippen LogP contribution in [-0.2, 0) is 19.1 Å². The van der Waals surface area contributed by atoms with Crippen molar-refractivity contribution >= 4 is 11.9 Å². The van der Waals surface area contributed by atoms with Gasteiger partial charge >= 0.3 is 11.9 Å². The lowest BCUT2D eigenvalue weighted by Crippen LogP contribution is -2.50. The molecule has 2 aliphatic carbocycles. The summed E-state index contributed by atoms with van der Waals surface area (Å²) in [5, 5.41) is 0. The number of rotatable bonds is 4. The van der Waals surface area contributed by atoms with E-state index in [-0.39, 0.29) is 23.8 Å². The van der Waals surface area contributed by atoms with Crippen molar-refractivity contribution in [3.63, 3.8) is 0 Å². The van der Waals surface area contributed by atoms with Gasteiger partial charge in [-0.1, -0.05) is 6.92 Å². The van der Waals surface area contributed by atoms with Gasteiger partial charge in [0.15, 0.2) is 5.41 Å². The Morgan fingerprint density at radius 3 is 2.06 bits per heavy atom. The minimum absolute atomic E-state index is 0.0364. The van der Waals surface area contributed by atoms with E-state index in [2.05, 4.69) is 0 Å². The fourth-order valence-electron chi connectivity index (χ4n) is 3.92. The maximum absolute atomic E-state index is 12.4. The first-order valence-corrected chi connectivity index (χ1v) is 6.93. The number of esters is 2. The van der Waals surface area contributed by atoms with E-state index in [0.29, 0.717) is 19.1 Å². The minimum atomic E-state index is -1.03. The first-order valence-electron chi connectivity index (χ1n) is 6.93. The van der Waals surface area contributed by atoms with E-state index in [1.807, 2.05) is 6.92 Å². The first-order chi connectivity index (χ1) is 8.58. The molecule has 0 heterocycles. The standard InChI is InChI=1S/C14H22O4/c1-4-17-12(15)14(13(16)18-5-2)9(3)10-6-7-11(14)8-10/h9-11H,4-8H2,1-3H3/t9-,10-,11+/m0/s1. The molecule has 0 radical (unpaired) electrons. The topological polar surface area (TPSA) is 52.6 Å². The number of hydrogen-bond acceptors (Lipinski definition) is 4. The lowest BCUT2D eigenvalue weighted by atomic mass is 9.66. The van der Waals surface area contributed by atoms with E-state index < -0.39 is 5.41 Å². The normalized spacial score (nSPS) is 32.3. The van der Waals surface area contributed by atoms with Gasteiger partial charge in [0.2, 0.25) is 0 Å². The van der Waals surface area contributed by atoms with Crippen molar-refractivity contribution < 1.29 is 19.1 Å². The zero-order valence-corrected chi connectivity index (χ0v) is 11.4. The largest absolute Gasteiger partial charge is 0.465 e. The molecule has 2 bridgehead atoms. The lowest BCUT2D eigenvalue weighted by molar-refractivity contribution is -0.180. The molecule has 4 heteroatoms. The third kappa shape index (κ3) is 1.65. The van der Waals surface area contributed by atoms with Crippen molar-refractivity contribution in [2.24, 2.45) is 23.2 Å². The van der Waals surface area contributed by atoms with E-state index in [1.54, 1.807) is 13.8 Å². The van der Waals surface area contributed by atoms with E-state index in [4.69, 9.17) is 9.47 Å². The van der Waals surface area contributed by atoms with Gasteiger partial charge in [-0.15, -0.1) is 0 Å². The lowest BCUT2D eigenvalue weighted by Gasteiger charge is -2.37. The number of carbonyl (C=O) groups is 2. The third-order valence-electron chi connectivity index (χ3n) is 4.77. The molecule has 0 saturated heterocycles. The van der Waals surface area contributed by atoms with Gasteiger partial charge in [-0.25, -0.2) is 0 Å². The summed E-state index contributed by atoms with van der Waals surface area (Å²) in [6, 6.07) is 0. The monoisotopic (exact) mass is 254 g/mol. The molecule has 0 aromatic heterocycles. The Morgan fingerprint density at radius 2 is 1.67 bits per heavy atom. The van der Waals surface area contributed by atoms with Crippen LogP contribution in [0.15, 0.2) is 0 Å². The van der Waals surface area contributed by atoms with Crippen LogP contribution in [0.3, 0.4) is 0 Å². The van der Waals surface area contributed by atoms with Gasteiger partial charge in [0.25, 0.3) is 0 Å². The Bertz CT molecular complexity index is 328. The van der Waals surface area contributed by atoms with Gasteiger partial charge in [-0.2, -0.15) is 0 Å². The smallest absolute Gasteiger partial charge is 0.324 e. The van der Waals surface area contributed by atoms with Crippen molar-refractivity contribution in [2.75, 3.05) is 13.2 Å². The molecule has 0 amide bonds. The SMILES string of the molecule is CCOC(=O)C1(C(=O)OCC)[C@@H]2CC[C@@H](C2)[C@@H]1C. The van der Waals surface area contributed by atoms with Crippen LogP contribution in [0.2, 0.25) is 0 Å². The Labute approximate surface area is 108 Å². The van der Waals surface area contributed by atoms with Crippen LogP contribution < -0.4 is 0 Å². The molecule has 4 nitrogen and oxygen atoms in total. The number of hydrogen-bond donors (Lipinski definition) is 0. The van der Waals surface area contributed by atoms with E-state index >= 15 is 0 Å². The molecule has 0 aromatic rings. The van der Waals surface area contributed by atoms with Gasteiger partial charge in [0, 0.05) is 0 Å². The molecule has 2 saturated carbocycles. The van der Waals surface area contributed by atoms with Gasteiger partial charge in [0.05, 0.1) is 13.2 Å². The van der Waals surface area contributed by atoms with Gasteiger partial charge < -0.3 is 9.47 Å². The van der Waals surface area contributed by atoms with Crippen molar-refractivity contribution in [1.82, 2.24) is 0 Å². The summed E-state index contributed by atoms with van der Waals surface area (Å²) >= 11 is 0. The molecule has 0 spiro atoms. The molecule has 102 valence electrons. The molecular weight excluding hydrogens is 232 g/mol. The number of ether oxygens (including phenoxy) is 2. The molecule has 3 atom stereocenters. The Morgan fingerprint density at radius 1 is 1.11 bits per heavy atom. The molecule has 2 fully saturated rings. The molecular formula is C14H22O4. The second kappa shape index (κ2) is 4.90. The molecule has 18 heavy (non-hydrogen) atoms. The fraction of sp³-hybridized carbons (Fsp3) is 0.857. The van der Waals surface area contributed by atoms with Crippen LogP contribution in [0.4, 0.5) is 0 Å². The number of fused-ring (bicyclic) bond motifs is 2. The molecule has 2 rings (SSSR count). The van der Waals surface area contributed by atoms with Crippen LogP contribution in [0.1, 0.15) is 40.0 Å². The first kappa shape index (κ1) is 13.4. The highest BCUT2D eigenvalue weighted by atomic mass is 16.6. The predicted molar refractivity (Wildman–Crippen MR) is 65.7 cm³/mol. The van der Waals surface area contributed by atoms with E-state index in [0.717, 1.165) is 19.3 Å². The van der Waals surface area contributed by atoms with Crippen molar-refractivity contribution in [3.05, 3.63) is 0 Å². The molecule has 0 N–H and O–H groups in total. The van der Waals surface area contributed by atoms with Gasteiger partial charge in [-0.05, 0) is 50.9 Å². The average Bonchev–Trinajstić information content (AvgIpc) is 2.89. The van der Waals surface area contributed by atoms with E-state index in [9.17, 15) is 9.59 Å². The highest BCUT2D eigenvalue weighted by molar-refractivity contribution is 6.01. The summed E-state index contributed by atoms with van der Waals surface area (Å²) in [7, 11) is 0.